The molecule has 1 saturated heterocycles. The first-order chi connectivity index (χ1) is 7.50. The predicted octanol–water partition coefficient (Wildman–Crippen LogP) is 1.48. The molecule has 0 spiro atoms. The minimum Gasteiger partial charge on any atom is -0.397 e. The molecule has 1 fully saturated rings. The quantitative estimate of drug-likeness (QED) is 0.573. The van der Waals surface area contributed by atoms with E-state index >= 15 is 0 Å². The molecule has 0 saturated carbocycles. The van der Waals surface area contributed by atoms with E-state index in [1.807, 2.05) is 13.0 Å². The number of carbonyl (C=O) groups excluding carboxylic acids is 2. The van der Waals surface area contributed by atoms with Gasteiger partial charge in [0.05, 0.1) is 11.4 Å². The van der Waals surface area contributed by atoms with E-state index in [0.29, 0.717) is 11.4 Å². The van der Waals surface area contributed by atoms with Crippen LogP contribution in [0.4, 0.5) is 11.4 Å². The molecule has 2 N–H and O–H groups in total. The van der Waals surface area contributed by atoms with Crippen LogP contribution in [0.5, 0.6) is 0 Å². The number of hydrogen-bond donors (Lipinski definition) is 1. The van der Waals surface area contributed by atoms with Crippen molar-refractivity contribution in [2.45, 2.75) is 20.3 Å². The lowest BCUT2D eigenvalue weighted by Crippen LogP contribution is -2.30. The molecule has 84 valence electrons. The molecule has 1 aromatic rings. The van der Waals surface area contributed by atoms with Crippen LogP contribution >= 0.6 is 0 Å². The highest BCUT2D eigenvalue weighted by molar-refractivity contribution is 6.22. The fourth-order valence-corrected chi connectivity index (χ4v) is 1.91. The topological polar surface area (TPSA) is 63.4 Å². The summed E-state index contributed by atoms with van der Waals surface area (Å²) < 4.78 is 0. The number of nitrogens with two attached hydrogens (primary N) is 1. The number of nitrogen functional groups attached to an aromatic ring is 1. The number of hydrogen-bond acceptors (Lipinski definition) is 3. The molecule has 0 radical (unpaired) electrons. The van der Waals surface area contributed by atoms with Crippen molar-refractivity contribution in [1.82, 2.24) is 0 Å². The van der Waals surface area contributed by atoms with Crippen LogP contribution in [0.25, 0.3) is 0 Å². The van der Waals surface area contributed by atoms with Gasteiger partial charge in [0.15, 0.2) is 0 Å². The average molecular weight is 218 g/mol. The zero-order valence-corrected chi connectivity index (χ0v) is 9.36. The molecule has 16 heavy (non-hydrogen) atoms. The van der Waals surface area contributed by atoms with Crippen molar-refractivity contribution in [2.24, 2.45) is 5.92 Å². The molecule has 2 amide bonds. The summed E-state index contributed by atoms with van der Waals surface area (Å²) in [6.45, 7) is 3.67. The van der Waals surface area contributed by atoms with Gasteiger partial charge in [0.2, 0.25) is 11.8 Å². The first kappa shape index (κ1) is 10.7. The first-order valence-electron chi connectivity index (χ1n) is 5.23. The van der Waals surface area contributed by atoms with E-state index in [4.69, 9.17) is 5.73 Å². The Bertz CT molecular complexity index is 468. The van der Waals surface area contributed by atoms with Crippen LogP contribution in [0.1, 0.15) is 18.9 Å². The smallest absolute Gasteiger partial charge is 0.237 e. The third kappa shape index (κ3) is 1.56. The Balaban J connectivity index is 2.45. The third-order valence-electron chi connectivity index (χ3n) is 2.80. The van der Waals surface area contributed by atoms with Crippen LogP contribution in [0, 0.1) is 12.8 Å². The Kier molecular flexibility index (Phi) is 2.42. The lowest BCUT2D eigenvalue weighted by Gasteiger charge is -2.16. The van der Waals surface area contributed by atoms with Crippen molar-refractivity contribution in [1.29, 1.82) is 0 Å². The number of amides is 2. The largest absolute Gasteiger partial charge is 0.397 e. The fourth-order valence-electron chi connectivity index (χ4n) is 1.91. The van der Waals surface area contributed by atoms with Crippen LogP contribution in [-0.4, -0.2) is 11.8 Å². The van der Waals surface area contributed by atoms with E-state index in [2.05, 4.69) is 0 Å². The van der Waals surface area contributed by atoms with Crippen LogP contribution in [0.2, 0.25) is 0 Å². The second-order valence-electron chi connectivity index (χ2n) is 4.23. The molecule has 1 atom stereocenters. The van der Waals surface area contributed by atoms with Gasteiger partial charge in [-0.1, -0.05) is 13.0 Å². The van der Waals surface area contributed by atoms with Gasteiger partial charge in [-0.15, -0.1) is 0 Å². The van der Waals surface area contributed by atoms with Crippen molar-refractivity contribution in [2.75, 3.05) is 10.6 Å². The van der Waals surface area contributed by atoms with Gasteiger partial charge < -0.3 is 5.73 Å². The maximum atomic E-state index is 11.8. The minimum absolute atomic E-state index is 0.166. The average Bonchev–Trinajstić information content (AvgIpc) is 2.43. The number of carbonyl (C=O) groups is 2. The monoisotopic (exact) mass is 218 g/mol. The van der Waals surface area contributed by atoms with Gasteiger partial charge in [0.1, 0.15) is 0 Å². The first-order valence-corrected chi connectivity index (χ1v) is 5.23. The molecule has 4 nitrogen and oxygen atoms in total. The summed E-state index contributed by atoms with van der Waals surface area (Å²) in [5.74, 6) is -0.582. The molecule has 2 rings (SSSR count). The molecule has 1 aromatic carbocycles. The summed E-state index contributed by atoms with van der Waals surface area (Å²) in [5.41, 5.74) is 7.81. The third-order valence-corrected chi connectivity index (χ3v) is 2.80. The fraction of sp³-hybridized carbons (Fsp3) is 0.333. The molecule has 1 aliphatic rings. The standard InChI is InChI=1S/C12H14N2O2/c1-7-3-4-10(9(13)5-7)14-11(15)6-8(2)12(14)16/h3-5,8H,6,13H2,1-2H3. The number of rotatable bonds is 1. The highest BCUT2D eigenvalue weighted by Gasteiger charge is 2.37. The van der Waals surface area contributed by atoms with Gasteiger partial charge in [-0.2, -0.15) is 0 Å². The molecule has 0 aliphatic carbocycles. The molecule has 0 bridgehead atoms. The van der Waals surface area contributed by atoms with Gasteiger partial charge in [0, 0.05) is 12.3 Å². The number of benzene rings is 1. The predicted molar refractivity (Wildman–Crippen MR) is 61.9 cm³/mol. The van der Waals surface area contributed by atoms with Crippen LogP contribution in [-0.2, 0) is 9.59 Å². The molecule has 1 aliphatic heterocycles. The molecular formula is C12H14N2O2. The van der Waals surface area contributed by atoms with E-state index in [1.54, 1.807) is 19.1 Å². The number of anilines is 2. The van der Waals surface area contributed by atoms with Gasteiger partial charge in [0.25, 0.3) is 0 Å². The van der Waals surface area contributed by atoms with Crippen LogP contribution < -0.4 is 10.6 Å². The summed E-state index contributed by atoms with van der Waals surface area (Å²) in [6.07, 6.45) is 0.270. The summed E-state index contributed by atoms with van der Waals surface area (Å²) in [7, 11) is 0. The SMILES string of the molecule is Cc1ccc(N2C(=O)CC(C)C2=O)c(N)c1. The number of imide groups is 1. The zero-order valence-electron chi connectivity index (χ0n) is 9.36. The highest BCUT2D eigenvalue weighted by Crippen LogP contribution is 2.30. The Hall–Kier alpha value is -1.84. The molecule has 0 aromatic heterocycles. The van der Waals surface area contributed by atoms with Crippen molar-refractivity contribution >= 4 is 23.2 Å². The summed E-state index contributed by atoms with van der Waals surface area (Å²) in [6, 6.07) is 5.33. The van der Waals surface area contributed by atoms with Gasteiger partial charge >= 0.3 is 0 Å². The van der Waals surface area contributed by atoms with E-state index in [1.165, 1.54) is 4.90 Å². The number of nitrogens with zero attached hydrogens (tertiary/aromatic N) is 1. The van der Waals surface area contributed by atoms with E-state index in [9.17, 15) is 9.59 Å². The maximum absolute atomic E-state index is 11.8. The van der Waals surface area contributed by atoms with Crippen LogP contribution in [0.15, 0.2) is 18.2 Å². The Morgan fingerprint density at radius 3 is 2.56 bits per heavy atom. The van der Waals surface area contributed by atoms with Crippen molar-refractivity contribution in [3.63, 3.8) is 0 Å². The number of aryl methyl sites for hydroxylation is 1. The van der Waals surface area contributed by atoms with Crippen molar-refractivity contribution in [3.05, 3.63) is 23.8 Å². The van der Waals surface area contributed by atoms with E-state index < -0.39 is 0 Å². The van der Waals surface area contributed by atoms with Crippen LogP contribution in [0.3, 0.4) is 0 Å². The maximum Gasteiger partial charge on any atom is 0.237 e. The molecule has 1 heterocycles. The Labute approximate surface area is 94.0 Å². The Morgan fingerprint density at radius 2 is 2.06 bits per heavy atom. The molecule has 4 heteroatoms. The van der Waals surface area contributed by atoms with Crippen molar-refractivity contribution in [3.8, 4) is 0 Å². The molecule has 1 unspecified atom stereocenters. The molecular weight excluding hydrogens is 204 g/mol. The summed E-state index contributed by atoms with van der Waals surface area (Å²) >= 11 is 0. The lowest BCUT2D eigenvalue weighted by atomic mass is 10.1. The minimum atomic E-state index is -0.242. The van der Waals surface area contributed by atoms with Gasteiger partial charge in [-0.3, -0.25) is 9.59 Å². The second-order valence-corrected chi connectivity index (χ2v) is 4.23. The van der Waals surface area contributed by atoms with Crippen molar-refractivity contribution < 1.29 is 9.59 Å². The summed E-state index contributed by atoms with van der Waals surface area (Å²) in [4.78, 5) is 24.7. The normalized spacial score (nSPS) is 20.6. The van der Waals surface area contributed by atoms with E-state index in [0.717, 1.165) is 5.56 Å². The van der Waals surface area contributed by atoms with Gasteiger partial charge in [-0.25, -0.2) is 4.90 Å². The zero-order chi connectivity index (χ0) is 11.9. The Morgan fingerprint density at radius 1 is 1.38 bits per heavy atom. The van der Waals surface area contributed by atoms with E-state index in [-0.39, 0.29) is 24.2 Å². The lowest BCUT2D eigenvalue weighted by molar-refractivity contribution is -0.122. The summed E-state index contributed by atoms with van der Waals surface area (Å²) in [5, 5.41) is 0. The highest BCUT2D eigenvalue weighted by atomic mass is 16.2. The second kappa shape index (κ2) is 3.63. The van der Waals surface area contributed by atoms with Gasteiger partial charge in [-0.05, 0) is 24.6 Å².